The Bertz CT molecular complexity index is 690. The van der Waals surface area contributed by atoms with E-state index in [2.05, 4.69) is 32.0 Å². The van der Waals surface area contributed by atoms with Crippen molar-refractivity contribution in [2.24, 2.45) is 0 Å². The average Bonchev–Trinajstić information content (AvgIpc) is 3.18. The van der Waals surface area contributed by atoms with Gasteiger partial charge >= 0.3 is 5.97 Å². The molecule has 0 unspecified atom stereocenters. The highest BCUT2D eigenvalue weighted by atomic mass is 32.2. The standard InChI is InChI=1S/C16H18N2O2S/c1-10-3-6-14(11(2)7-10)18-15(21-9-16(19)20)8-13(17-18)12-4-5-12/h3,6-8,12H,4-5,9H2,1-2H3,(H,19,20). The average molecular weight is 302 g/mol. The molecule has 0 radical (unpaired) electrons. The van der Waals surface area contributed by atoms with Gasteiger partial charge in [-0.15, -0.1) is 0 Å². The molecule has 1 aromatic heterocycles. The third-order valence-corrected chi connectivity index (χ3v) is 4.59. The summed E-state index contributed by atoms with van der Waals surface area (Å²) in [4.78, 5) is 10.8. The molecule has 1 saturated carbocycles. The first-order valence-electron chi connectivity index (χ1n) is 7.07. The molecule has 3 rings (SSSR count). The van der Waals surface area contributed by atoms with Gasteiger partial charge in [0.2, 0.25) is 0 Å². The van der Waals surface area contributed by atoms with Gasteiger partial charge < -0.3 is 5.11 Å². The molecule has 0 aliphatic heterocycles. The van der Waals surface area contributed by atoms with Crippen molar-refractivity contribution < 1.29 is 9.90 Å². The van der Waals surface area contributed by atoms with Crippen LogP contribution in [0.3, 0.4) is 0 Å². The number of aryl methyl sites for hydroxylation is 2. The lowest BCUT2D eigenvalue weighted by atomic mass is 10.1. The minimum atomic E-state index is -0.804. The van der Waals surface area contributed by atoms with E-state index in [9.17, 15) is 4.79 Å². The number of nitrogens with zero attached hydrogens (tertiary/aromatic N) is 2. The van der Waals surface area contributed by atoms with Crippen LogP contribution >= 0.6 is 11.8 Å². The van der Waals surface area contributed by atoms with E-state index in [0.717, 1.165) is 22.0 Å². The Morgan fingerprint density at radius 2 is 2.14 bits per heavy atom. The van der Waals surface area contributed by atoms with Crippen molar-refractivity contribution >= 4 is 17.7 Å². The van der Waals surface area contributed by atoms with E-state index in [0.29, 0.717) is 5.92 Å². The van der Waals surface area contributed by atoms with E-state index < -0.39 is 5.97 Å². The molecule has 2 aromatic rings. The predicted octanol–water partition coefficient (Wildman–Crippen LogP) is 3.54. The van der Waals surface area contributed by atoms with Gasteiger partial charge in [0, 0.05) is 5.92 Å². The van der Waals surface area contributed by atoms with Gasteiger partial charge in [-0.25, -0.2) is 4.68 Å². The summed E-state index contributed by atoms with van der Waals surface area (Å²) in [5, 5.41) is 14.5. The van der Waals surface area contributed by atoms with Gasteiger partial charge in [0.25, 0.3) is 0 Å². The summed E-state index contributed by atoms with van der Waals surface area (Å²) >= 11 is 1.33. The van der Waals surface area contributed by atoms with Crippen molar-refractivity contribution in [1.82, 2.24) is 9.78 Å². The molecular weight excluding hydrogens is 284 g/mol. The molecule has 1 heterocycles. The van der Waals surface area contributed by atoms with Crippen LogP contribution in [0.4, 0.5) is 0 Å². The Balaban J connectivity index is 2.00. The van der Waals surface area contributed by atoms with Crippen molar-refractivity contribution in [3.8, 4) is 5.69 Å². The van der Waals surface area contributed by atoms with Gasteiger partial charge in [-0.2, -0.15) is 5.10 Å². The Kier molecular flexibility index (Phi) is 3.76. The third-order valence-electron chi connectivity index (χ3n) is 3.62. The molecule has 0 bridgehead atoms. The summed E-state index contributed by atoms with van der Waals surface area (Å²) in [6.07, 6.45) is 2.37. The second-order valence-corrected chi connectivity index (χ2v) is 6.56. The maximum absolute atomic E-state index is 10.8. The smallest absolute Gasteiger partial charge is 0.313 e. The number of benzene rings is 1. The minimum absolute atomic E-state index is 0.0563. The second-order valence-electron chi connectivity index (χ2n) is 5.57. The summed E-state index contributed by atoms with van der Waals surface area (Å²) in [5.41, 5.74) is 4.48. The Morgan fingerprint density at radius 3 is 2.76 bits per heavy atom. The monoisotopic (exact) mass is 302 g/mol. The summed E-state index contributed by atoms with van der Waals surface area (Å²) in [7, 11) is 0. The first kappa shape index (κ1) is 14.2. The topological polar surface area (TPSA) is 55.1 Å². The maximum atomic E-state index is 10.8. The second kappa shape index (κ2) is 5.56. The molecule has 21 heavy (non-hydrogen) atoms. The molecule has 4 nitrogen and oxygen atoms in total. The summed E-state index contributed by atoms with van der Waals surface area (Å²) < 4.78 is 1.90. The van der Waals surface area contributed by atoms with E-state index in [1.165, 1.54) is 30.2 Å². The minimum Gasteiger partial charge on any atom is -0.481 e. The van der Waals surface area contributed by atoms with Gasteiger partial charge in [0.15, 0.2) is 0 Å². The highest BCUT2D eigenvalue weighted by molar-refractivity contribution is 7.99. The van der Waals surface area contributed by atoms with Crippen LogP contribution in [-0.2, 0) is 4.79 Å². The third kappa shape index (κ3) is 3.13. The van der Waals surface area contributed by atoms with Gasteiger partial charge in [-0.05, 0) is 44.4 Å². The zero-order valence-electron chi connectivity index (χ0n) is 12.2. The highest BCUT2D eigenvalue weighted by Gasteiger charge is 2.28. The van der Waals surface area contributed by atoms with Crippen LogP contribution in [0.2, 0.25) is 0 Å². The van der Waals surface area contributed by atoms with Crippen molar-refractivity contribution in [1.29, 1.82) is 0 Å². The van der Waals surface area contributed by atoms with Gasteiger partial charge in [-0.3, -0.25) is 4.79 Å². The van der Waals surface area contributed by atoms with Crippen LogP contribution in [0, 0.1) is 13.8 Å². The van der Waals surface area contributed by atoms with Crippen molar-refractivity contribution in [2.75, 3.05) is 5.75 Å². The SMILES string of the molecule is Cc1ccc(-n2nc(C3CC3)cc2SCC(=O)O)c(C)c1. The number of aliphatic carboxylic acids is 1. The zero-order valence-corrected chi connectivity index (χ0v) is 13.0. The lowest BCUT2D eigenvalue weighted by Gasteiger charge is -2.10. The molecule has 0 amide bonds. The van der Waals surface area contributed by atoms with Crippen molar-refractivity contribution in [3.05, 3.63) is 41.1 Å². The fraction of sp³-hybridized carbons (Fsp3) is 0.375. The zero-order chi connectivity index (χ0) is 15.0. The van der Waals surface area contributed by atoms with Crippen LogP contribution in [0.15, 0.2) is 29.3 Å². The van der Waals surface area contributed by atoms with Crippen LogP contribution in [-0.4, -0.2) is 26.6 Å². The maximum Gasteiger partial charge on any atom is 0.313 e. The van der Waals surface area contributed by atoms with Crippen LogP contribution in [0.5, 0.6) is 0 Å². The number of carbonyl (C=O) groups is 1. The first-order valence-corrected chi connectivity index (χ1v) is 8.05. The molecule has 1 fully saturated rings. The van der Waals surface area contributed by atoms with Crippen molar-refractivity contribution in [3.63, 3.8) is 0 Å². The summed E-state index contributed by atoms with van der Waals surface area (Å²) in [6, 6.07) is 8.29. The number of rotatable bonds is 5. The summed E-state index contributed by atoms with van der Waals surface area (Å²) in [5.74, 6) is -0.191. The lowest BCUT2D eigenvalue weighted by Crippen LogP contribution is -2.04. The molecule has 0 saturated heterocycles. The molecular formula is C16H18N2O2S. The van der Waals surface area contributed by atoms with Gasteiger partial charge in [0.1, 0.15) is 5.03 Å². The number of aromatic nitrogens is 2. The molecule has 1 aromatic carbocycles. The van der Waals surface area contributed by atoms with Crippen LogP contribution < -0.4 is 0 Å². The molecule has 1 aliphatic carbocycles. The predicted molar refractivity (Wildman–Crippen MR) is 83.4 cm³/mol. The molecule has 1 aliphatic rings. The Labute approximate surface area is 128 Å². The molecule has 1 N–H and O–H groups in total. The van der Waals surface area contributed by atoms with Gasteiger partial charge in [0.05, 0.1) is 17.1 Å². The molecule has 0 spiro atoms. The number of carboxylic acids is 1. The highest BCUT2D eigenvalue weighted by Crippen LogP contribution is 2.41. The van der Waals surface area contributed by atoms with Crippen LogP contribution in [0.25, 0.3) is 5.69 Å². The molecule has 5 heteroatoms. The van der Waals surface area contributed by atoms with Gasteiger partial charge in [-0.1, -0.05) is 29.5 Å². The lowest BCUT2D eigenvalue weighted by molar-refractivity contribution is -0.133. The summed E-state index contributed by atoms with van der Waals surface area (Å²) in [6.45, 7) is 4.13. The van der Waals surface area contributed by atoms with E-state index in [1.54, 1.807) is 0 Å². The first-order chi connectivity index (χ1) is 10.0. The molecule has 0 atom stereocenters. The normalized spacial score (nSPS) is 14.4. The Hall–Kier alpha value is -1.75. The van der Waals surface area contributed by atoms with E-state index in [-0.39, 0.29) is 5.75 Å². The van der Waals surface area contributed by atoms with E-state index >= 15 is 0 Å². The fourth-order valence-corrected chi connectivity index (χ4v) is 3.15. The number of hydrogen-bond donors (Lipinski definition) is 1. The largest absolute Gasteiger partial charge is 0.481 e. The number of hydrogen-bond acceptors (Lipinski definition) is 3. The van der Waals surface area contributed by atoms with Crippen LogP contribution in [0.1, 0.15) is 35.6 Å². The van der Waals surface area contributed by atoms with E-state index in [4.69, 9.17) is 10.2 Å². The fourth-order valence-electron chi connectivity index (χ4n) is 2.41. The number of carboxylic acid groups (broad SMARTS) is 1. The molecule has 110 valence electrons. The van der Waals surface area contributed by atoms with Crippen molar-refractivity contribution in [2.45, 2.75) is 37.6 Å². The van der Waals surface area contributed by atoms with E-state index in [1.807, 2.05) is 10.7 Å². The quantitative estimate of drug-likeness (QED) is 0.858. The Morgan fingerprint density at radius 1 is 1.38 bits per heavy atom. The number of thioether (sulfide) groups is 1.